The highest BCUT2D eigenvalue weighted by Crippen LogP contribution is 2.34. The molecule has 1 saturated carbocycles. The molecule has 0 radical (unpaired) electrons. The van der Waals surface area contributed by atoms with E-state index in [0.717, 1.165) is 38.3 Å². The largest absolute Gasteiger partial charge is 0.359 e. The number of tetrazole rings is 1. The first kappa shape index (κ1) is 12.5. The minimum Gasteiger partial charge on any atom is -0.359 e. The lowest BCUT2D eigenvalue weighted by molar-refractivity contribution is -0.125. The zero-order chi connectivity index (χ0) is 13.2. The number of aromatic nitrogens is 4. The second kappa shape index (κ2) is 5.24. The number of carbonyl (C=O) groups excluding carboxylic acids is 1. The van der Waals surface area contributed by atoms with E-state index in [1.54, 1.807) is 7.05 Å². The molecule has 0 spiro atoms. The fourth-order valence-electron chi connectivity index (χ4n) is 2.68. The molecule has 1 N–H and O–H groups in total. The van der Waals surface area contributed by atoms with Gasteiger partial charge in [0.2, 0.25) is 5.91 Å². The van der Waals surface area contributed by atoms with Crippen molar-refractivity contribution in [3.8, 4) is 0 Å². The Labute approximate surface area is 112 Å². The molecular formula is C12H20N6O. The van der Waals surface area contributed by atoms with Crippen molar-refractivity contribution in [3.63, 3.8) is 0 Å². The molecule has 1 saturated heterocycles. The molecule has 1 aromatic heterocycles. The first-order valence-corrected chi connectivity index (χ1v) is 6.98. The molecule has 2 fully saturated rings. The Morgan fingerprint density at radius 1 is 1.32 bits per heavy atom. The molecule has 0 bridgehead atoms. The van der Waals surface area contributed by atoms with E-state index >= 15 is 0 Å². The van der Waals surface area contributed by atoms with Gasteiger partial charge in [-0.25, -0.2) is 4.68 Å². The van der Waals surface area contributed by atoms with Gasteiger partial charge < -0.3 is 5.32 Å². The molecule has 7 heteroatoms. The van der Waals surface area contributed by atoms with Crippen LogP contribution >= 0.6 is 0 Å². The van der Waals surface area contributed by atoms with Crippen LogP contribution in [0.4, 0.5) is 0 Å². The van der Waals surface area contributed by atoms with Crippen molar-refractivity contribution in [1.29, 1.82) is 0 Å². The summed E-state index contributed by atoms with van der Waals surface area (Å²) in [7, 11) is 1.71. The Bertz CT molecular complexity index is 447. The van der Waals surface area contributed by atoms with Crippen molar-refractivity contribution in [2.24, 2.45) is 5.92 Å². The maximum Gasteiger partial charge on any atom is 0.222 e. The fourth-order valence-corrected chi connectivity index (χ4v) is 2.68. The number of hydrogen-bond donors (Lipinski definition) is 1. The zero-order valence-corrected chi connectivity index (χ0v) is 11.2. The molecule has 7 nitrogen and oxygen atoms in total. The third-order valence-corrected chi connectivity index (χ3v) is 4.02. The van der Waals surface area contributed by atoms with E-state index in [2.05, 4.69) is 25.7 Å². The van der Waals surface area contributed by atoms with E-state index < -0.39 is 0 Å². The number of nitrogens with one attached hydrogen (secondary N) is 1. The number of piperidine rings is 1. The maximum atomic E-state index is 11.6. The van der Waals surface area contributed by atoms with Gasteiger partial charge in [-0.1, -0.05) is 0 Å². The minimum absolute atomic E-state index is 0.167. The highest BCUT2D eigenvalue weighted by molar-refractivity contribution is 5.78. The van der Waals surface area contributed by atoms with Crippen LogP contribution in [0.3, 0.4) is 0 Å². The van der Waals surface area contributed by atoms with Gasteiger partial charge in [0.1, 0.15) is 0 Å². The van der Waals surface area contributed by atoms with Crippen LogP contribution in [0, 0.1) is 5.92 Å². The molecule has 1 amide bonds. The average molecular weight is 264 g/mol. The van der Waals surface area contributed by atoms with Gasteiger partial charge in [-0.3, -0.25) is 9.69 Å². The molecule has 3 rings (SSSR count). The summed E-state index contributed by atoms with van der Waals surface area (Å²) in [6.45, 7) is 2.68. The van der Waals surface area contributed by atoms with Gasteiger partial charge in [-0.05, 0) is 49.2 Å². The first-order chi connectivity index (χ1) is 9.28. The standard InChI is InChI=1S/C12H20N6O/c1-13-12(19)9-4-6-17(7-5-9)8-11-14-15-16-18(11)10-2-3-10/h9-10H,2-8H2,1H3,(H,13,19). The number of carbonyl (C=O) groups is 1. The summed E-state index contributed by atoms with van der Waals surface area (Å²) in [4.78, 5) is 13.9. The summed E-state index contributed by atoms with van der Waals surface area (Å²) in [5.74, 6) is 1.30. The van der Waals surface area contributed by atoms with Crippen LogP contribution in [0.2, 0.25) is 0 Å². The van der Waals surface area contributed by atoms with Crippen molar-refractivity contribution in [3.05, 3.63) is 5.82 Å². The van der Waals surface area contributed by atoms with Crippen molar-refractivity contribution in [1.82, 2.24) is 30.4 Å². The van der Waals surface area contributed by atoms with E-state index in [1.807, 2.05) is 4.68 Å². The summed E-state index contributed by atoms with van der Waals surface area (Å²) in [6, 6.07) is 0.522. The van der Waals surface area contributed by atoms with Crippen LogP contribution in [-0.2, 0) is 11.3 Å². The Kier molecular flexibility index (Phi) is 3.46. The first-order valence-electron chi connectivity index (χ1n) is 6.98. The van der Waals surface area contributed by atoms with Crippen molar-refractivity contribution >= 4 is 5.91 Å². The Morgan fingerprint density at radius 3 is 2.68 bits per heavy atom. The Hall–Kier alpha value is -1.50. The van der Waals surface area contributed by atoms with E-state index in [0.29, 0.717) is 6.04 Å². The molecule has 0 aromatic carbocycles. The molecule has 0 atom stereocenters. The third-order valence-electron chi connectivity index (χ3n) is 4.02. The summed E-state index contributed by atoms with van der Waals surface area (Å²) in [5.41, 5.74) is 0. The predicted molar refractivity (Wildman–Crippen MR) is 68.2 cm³/mol. The monoisotopic (exact) mass is 264 g/mol. The second-order valence-electron chi connectivity index (χ2n) is 5.44. The SMILES string of the molecule is CNC(=O)C1CCN(Cc2nnnn2C2CC2)CC1. The lowest BCUT2D eigenvalue weighted by atomic mass is 9.96. The van der Waals surface area contributed by atoms with Crippen LogP contribution in [0.25, 0.3) is 0 Å². The average Bonchev–Trinajstić information content (AvgIpc) is 3.19. The van der Waals surface area contributed by atoms with Crippen LogP contribution < -0.4 is 5.32 Å². The molecular weight excluding hydrogens is 244 g/mol. The number of hydrogen-bond acceptors (Lipinski definition) is 5. The van der Waals surface area contributed by atoms with E-state index in [4.69, 9.17) is 0 Å². The predicted octanol–water partition coefficient (Wildman–Crippen LogP) is -0.0340. The maximum absolute atomic E-state index is 11.6. The molecule has 19 heavy (non-hydrogen) atoms. The summed E-state index contributed by atoms with van der Waals surface area (Å²) >= 11 is 0. The number of nitrogens with zero attached hydrogens (tertiary/aromatic N) is 5. The molecule has 1 aliphatic carbocycles. The number of amides is 1. The number of rotatable bonds is 4. The Morgan fingerprint density at radius 2 is 2.05 bits per heavy atom. The molecule has 2 heterocycles. The van der Waals surface area contributed by atoms with Gasteiger partial charge in [0.15, 0.2) is 5.82 Å². The van der Waals surface area contributed by atoms with Crippen molar-refractivity contribution < 1.29 is 4.79 Å². The minimum atomic E-state index is 0.167. The van der Waals surface area contributed by atoms with Gasteiger partial charge in [0.25, 0.3) is 0 Å². The second-order valence-corrected chi connectivity index (χ2v) is 5.44. The highest BCUT2D eigenvalue weighted by atomic mass is 16.1. The van der Waals surface area contributed by atoms with Gasteiger partial charge in [-0.2, -0.15) is 0 Å². The molecule has 1 aromatic rings. The zero-order valence-electron chi connectivity index (χ0n) is 11.2. The third kappa shape index (κ3) is 2.75. The molecule has 2 aliphatic rings. The smallest absolute Gasteiger partial charge is 0.222 e. The van der Waals surface area contributed by atoms with Gasteiger partial charge in [0.05, 0.1) is 12.6 Å². The van der Waals surface area contributed by atoms with Gasteiger partial charge in [0, 0.05) is 13.0 Å². The summed E-state index contributed by atoms with van der Waals surface area (Å²) in [5, 5.41) is 14.7. The van der Waals surface area contributed by atoms with Crippen molar-refractivity contribution in [2.75, 3.05) is 20.1 Å². The van der Waals surface area contributed by atoms with E-state index in [1.165, 1.54) is 12.8 Å². The highest BCUT2D eigenvalue weighted by Gasteiger charge is 2.29. The Balaban J connectivity index is 1.54. The topological polar surface area (TPSA) is 75.9 Å². The summed E-state index contributed by atoms with van der Waals surface area (Å²) < 4.78 is 1.96. The number of likely N-dealkylation sites (tertiary alicyclic amines) is 1. The van der Waals surface area contributed by atoms with E-state index in [-0.39, 0.29) is 11.8 Å². The molecule has 0 unspecified atom stereocenters. The van der Waals surface area contributed by atoms with Crippen LogP contribution in [-0.4, -0.2) is 51.2 Å². The van der Waals surface area contributed by atoms with Gasteiger partial charge in [-0.15, -0.1) is 5.10 Å². The lowest BCUT2D eigenvalue weighted by Gasteiger charge is -2.30. The lowest BCUT2D eigenvalue weighted by Crippen LogP contribution is -2.39. The molecule has 1 aliphatic heterocycles. The summed E-state index contributed by atoms with van der Waals surface area (Å²) in [6.07, 6.45) is 4.23. The normalized spacial score (nSPS) is 21.5. The van der Waals surface area contributed by atoms with Crippen LogP contribution in [0.15, 0.2) is 0 Å². The van der Waals surface area contributed by atoms with E-state index in [9.17, 15) is 4.79 Å². The fraction of sp³-hybridized carbons (Fsp3) is 0.833. The van der Waals surface area contributed by atoms with Gasteiger partial charge >= 0.3 is 0 Å². The molecule has 104 valence electrons. The van der Waals surface area contributed by atoms with Crippen LogP contribution in [0.5, 0.6) is 0 Å². The quantitative estimate of drug-likeness (QED) is 0.826. The van der Waals surface area contributed by atoms with Crippen LogP contribution in [0.1, 0.15) is 37.5 Å². The van der Waals surface area contributed by atoms with Crippen molar-refractivity contribution in [2.45, 2.75) is 38.3 Å².